The lowest BCUT2D eigenvalue weighted by Crippen LogP contribution is -2.26. The molecule has 0 aliphatic rings. The van der Waals surface area contributed by atoms with Crippen molar-refractivity contribution in [2.24, 2.45) is 0 Å². The van der Waals surface area contributed by atoms with E-state index in [1.807, 2.05) is 0 Å². The molecule has 2 amide bonds. The van der Waals surface area contributed by atoms with Gasteiger partial charge in [0.2, 0.25) is 0 Å². The van der Waals surface area contributed by atoms with E-state index in [0.717, 1.165) is 37.5 Å². The zero-order valence-electron chi connectivity index (χ0n) is 11.5. The van der Waals surface area contributed by atoms with Crippen LogP contribution in [-0.2, 0) is 0 Å². The van der Waals surface area contributed by atoms with Crippen LogP contribution in [0.15, 0.2) is 0 Å². The Bertz CT molecular complexity index is 459. The fraction of sp³-hybridized carbons (Fsp3) is 0.583. The SMILES string of the molecule is CCCN(CCC)c1nsc(NC(=O)NC)c1C#N. The van der Waals surface area contributed by atoms with Gasteiger partial charge in [-0.3, -0.25) is 5.32 Å². The molecule has 0 fully saturated rings. The van der Waals surface area contributed by atoms with Gasteiger partial charge in [-0.2, -0.15) is 9.64 Å². The first-order valence-electron chi connectivity index (χ1n) is 6.31. The molecule has 7 heteroatoms. The van der Waals surface area contributed by atoms with Gasteiger partial charge in [-0.15, -0.1) is 0 Å². The molecule has 0 radical (unpaired) electrons. The molecule has 0 aliphatic heterocycles. The molecule has 0 unspecified atom stereocenters. The Morgan fingerprint density at radius 2 is 2.05 bits per heavy atom. The minimum Gasteiger partial charge on any atom is -0.355 e. The average Bonchev–Trinajstić information content (AvgIpc) is 2.80. The molecule has 0 bridgehead atoms. The zero-order valence-corrected chi connectivity index (χ0v) is 12.3. The number of hydrogen-bond acceptors (Lipinski definition) is 5. The molecule has 1 aromatic rings. The van der Waals surface area contributed by atoms with Gasteiger partial charge in [0, 0.05) is 20.1 Å². The first-order chi connectivity index (χ1) is 9.17. The van der Waals surface area contributed by atoms with E-state index in [-0.39, 0.29) is 6.03 Å². The van der Waals surface area contributed by atoms with Crippen molar-refractivity contribution in [3.05, 3.63) is 5.56 Å². The molecule has 0 aliphatic carbocycles. The van der Waals surface area contributed by atoms with E-state index < -0.39 is 0 Å². The summed E-state index contributed by atoms with van der Waals surface area (Å²) >= 11 is 1.14. The van der Waals surface area contributed by atoms with Crippen LogP contribution in [-0.4, -0.2) is 30.5 Å². The van der Waals surface area contributed by atoms with Gasteiger partial charge in [-0.05, 0) is 24.4 Å². The Hall–Kier alpha value is -1.81. The molecule has 19 heavy (non-hydrogen) atoms. The first kappa shape index (κ1) is 15.2. The standard InChI is InChI=1S/C12H19N5OS/c1-4-6-17(7-5-2)10-9(8-13)11(19-16-10)15-12(18)14-3/h4-7H2,1-3H3,(H2,14,15,18). The molecule has 1 rings (SSSR count). The Kier molecular flexibility index (Phi) is 6.09. The number of carbonyl (C=O) groups is 1. The van der Waals surface area contributed by atoms with Crippen LogP contribution in [0, 0.1) is 11.3 Å². The molecule has 104 valence electrons. The Labute approximate surface area is 117 Å². The Balaban J connectivity index is 3.01. The van der Waals surface area contributed by atoms with Gasteiger partial charge in [0.1, 0.15) is 16.6 Å². The van der Waals surface area contributed by atoms with E-state index >= 15 is 0 Å². The van der Waals surface area contributed by atoms with Crippen LogP contribution in [0.25, 0.3) is 0 Å². The minimum atomic E-state index is -0.343. The van der Waals surface area contributed by atoms with Gasteiger partial charge in [0.15, 0.2) is 5.82 Å². The van der Waals surface area contributed by atoms with Gasteiger partial charge in [-0.25, -0.2) is 4.79 Å². The molecular weight excluding hydrogens is 262 g/mol. The minimum absolute atomic E-state index is 0.343. The topological polar surface area (TPSA) is 81.1 Å². The second-order valence-electron chi connectivity index (χ2n) is 4.01. The first-order valence-corrected chi connectivity index (χ1v) is 7.08. The van der Waals surface area contributed by atoms with Crippen molar-refractivity contribution in [2.75, 3.05) is 30.4 Å². The molecule has 0 atom stereocenters. The molecule has 1 heterocycles. The third-order valence-corrected chi connectivity index (χ3v) is 3.28. The number of nitrogens with one attached hydrogen (secondary N) is 2. The molecular formula is C12H19N5OS. The van der Waals surface area contributed by atoms with Crippen LogP contribution in [0.4, 0.5) is 15.6 Å². The smallest absolute Gasteiger partial charge is 0.319 e. The number of anilines is 2. The van der Waals surface area contributed by atoms with Crippen molar-refractivity contribution in [2.45, 2.75) is 26.7 Å². The van der Waals surface area contributed by atoms with Crippen molar-refractivity contribution in [1.82, 2.24) is 9.69 Å². The van der Waals surface area contributed by atoms with Gasteiger partial charge >= 0.3 is 6.03 Å². The van der Waals surface area contributed by atoms with Gasteiger partial charge < -0.3 is 10.2 Å². The van der Waals surface area contributed by atoms with E-state index in [4.69, 9.17) is 0 Å². The van der Waals surface area contributed by atoms with Crippen LogP contribution in [0.2, 0.25) is 0 Å². The molecule has 0 saturated heterocycles. The van der Waals surface area contributed by atoms with Crippen LogP contribution >= 0.6 is 11.5 Å². The molecule has 0 spiro atoms. The maximum absolute atomic E-state index is 11.3. The highest BCUT2D eigenvalue weighted by Crippen LogP contribution is 2.30. The average molecular weight is 281 g/mol. The monoisotopic (exact) mass is 281 g/mol. The van der Waals surface area contributed by atoms with E-state index in [1.165, 1.54) is 7.05 Å². The second kappa shape index (κ2) is 7.59. The number of amides is 2. The van der Waals surface area contributed by atoms with Crippen LogP contribution < -0.4 is 15.5 Å². The van der Waals surface area contributed by atoms with Gasteiger partial charge in [0.25, 0.3) is 0 Å². The van der Waals surface area contributed by atoms with Crippen LogP contribution in [0.5, 0.6) is 0 Å². The molecule has 2 N–H and O–H groups in total. The number of aromatic nitrogens is 1. The number of nitriles is 1. The lowest BCUT2D eigenvalue weighted by Gasteiger charge is -2.21. The van der Waals surface area contributed by atoms with Gasteiger partial charge in [-0.1, -0.05) is 13.8 Å². The number of carbonyl (C=O) groups excluding carboxylic acids is 1. The normalized spacial score (nSPS) is 9.79. The summed E-state index contributed by atoms with van der Waals surface area (Å²) in [7, 11) is 1.53. The van der Waals surface area contributed by atoms with Crippen molar-refractivity contribution in [1.29, 1.82) is 5.26 Å². The Morgan fingerprint density at radius 1 is 1.42 bits per heavy atom. The lowest BCUT2D eigenvalue weighted by molar-refractivity contribution is 0.254. The van der Waals surface area contributed by atoms with Gasteiger partial charge in [0.05, 0.1) is 0 Å². The van der Waals surface area contributed by atoms with Crippen molar-refractivity contribution >= 4 is 28.4 Å². The fourth-order valence-corrected chi connectivity index (χ4v) is 2.46. The highest BCUT2D eigenvalue weighted by molar-refractivity contribution is 7.11. The van der Waals surface area contributed by atoms with Crippen molar-refractivity contribution in [3.63, 3.8) is 0 Å². The molecule has 0 aromatic carbocycles. The highest BCUT2D eigenvalue weighted by Gasteiger charge is 2.19. The summed E-state index contributed by atoms with van der Waals surface area (Å²) in [4.78, 5) is 13.4. The zero-order chi connectivity index (χ0) is 14.3. The third kappa shape index (κ3) is 3.83. The summed E-state index contributed by atoms with van der Waals surface area (Å²) in [5, 5.41) is 14.9. The third-order valence-electron chi connectivity index (χ3n) is 2.53. The highest BCUT2D eigenvalue weighted by atomic mass is 32.1. The van der Waals surface area contributed by atoms with Crippen LogP contribution in [0.3, 0.4) is 0 Å². The summed E-state index contributed by atoms with van der Waals surface area (Å²) in [5.74, 6) is 0.669. The summed E-state index contributed by atoms with van der Waals surface area (Å²) in [6, 6.07) is 1.79. The maximum atomic E-state index is 11.3. The fourth-order valence-electron chi connectivity index (χ4n) is 1.71. The Morgan fingerprint density at radius 3 is 2.53 bits per heavy atom. The molecule has 1 aromatic heterocycles. The predicted octanol–water partition coefficient (Wildman–Crippen LogP) is 2.39. The largest absolute Gasteiger partial charge is 0.355 e. The molecule has 6 nitrogen and oxygen atoms in total. The molecule has 0 saturated carbocycles. The second-order valence-corrected chi connectivity index (χ2v) is 4.79. The van der Waals surface area contributed by atoms with E-state index in [0.29, 0.717) is 16.4 Å². The number of urea groups is 1. The summed E-state index contributed by atoms with van der Waals surface area (Å²) in [5.41, 5.74) is 0.440. The van der Waals surface area contributed by atoms with Crippen LogP contribution in [0.1, 0.15) is 32.3 Å². The number of rotatable bonds is 6. The lowest BCUT2D eigenvalue weighted by atomic mass is 10.2. The summed E-state index contributed by atoms with van der Waals surface area (Å²) < 4.78 is 4.31. The quantitative estimate of drug-likeness (QED) is 0.839. The predicted molar refractivity (Wildman–Crippen MR) is 77.7 cm³/mol. The van der Waals surface area contributed by atoms with E-state index in [9.17, 15) is 10.1 Å². The van der Waals surface area contributed by atoms with Crippen molar-refractivity contribution in [3.8, 4) is 6.07 Å². The summed E-state index contributed by atoms with van der Waals surface area (Å²) in [6.45, 7) is 5.88. The summed E-state index contributed by atoms with van der Waals surface area (Å²) in [6.07, 6.45) is 1.97. The van der Waals surface area contributed by atoms with E-state index in [1.54, 1.807) is 0 Å². The maximum Gasteiger partial charge on any atom is 0.319 e. The number of nitrogens with zero attached hydrogens (tertiary/aromatic N) is 3. The number of hydrogen-bond donors (Lipinski definition) is 2. The van der Waals surface area contributed by atoms with Crippen molar-refractivity contribution < 1.29 is 4.79 Å². The van der Waals surface area contributed by atoms with E-state index in [2.05, 4.69) is 39.8 Å².